The Labute approximate surface area is 214 Å². The van der Waals surface area contributed by atoms with Crippen LogP contribution in [0.3, 0.4) is 0 Å². The Morgan fingerprint density at radius 1 is 1.00 bits per heavy atom. The lowest BCUT2D eigenvalue weighted by Gasteiger charge is -2.14. The molecule has 2 N–H and O–H groups in total. The van der Waals surface area contributed by atoms with Gasteiger partial charge in [-0.3, -0.25) is 10.1 Å². The lowest BCUT2D eigenvalue weighted by Crippen LogP contribution is -2.34. The molecule has 0 fully saturated rings. The van der Waals surface area contributed by atoms with Crippen molar-refractivity contribution in [1.82, 2.24) is 5.32 Å². The molecule has 184 valence electrons. The van der Waals surface area contributed by atoms with Crippen LogP contribution in [0.4, 0.5) is 5.69 Å². The molecule has 8 heteroatoms. The maximum absolute atomic E-state index is 12.7. The Morgan fingerprint density at radius 3 is 2.58 bits per heavy atom. The third-order valence-electron chi connectivity index (χ3n) is 5.30. The van der Waals surface area contributed by atoms with Crippen molar-refractivity contribution in [3.05, 3.63) is 88.8 Å². The number of carbonyl (C=O) groups is 1. The van der Waals surface area contributed by atoms with Gasteiger partial charge in [0.2, 0.25) is 0 Å². The molecule has 0 spiro atoms. The van der Waals surface area contributed by atoms with Crippen molar-refractivity contribution < 1.29 is 18.7 Å². The molecule has 0 unspecified atom stereocenters. The van der Waals surface area contributed by atoms with Crippen LogP contribution in [-0.4, -0.2) is 24.7 Å². The number of anilines is 1. The quantitative estimate of drug-likeness (QED) is 0.250. The number of para-hydroxylation sites is 1. The molecule has 0 saturated heterocycles. The summed E-state index contributed by atoms with van der Waals surface area (Å²) < 4.78 is 16.7. The van der Waals surface area contributed by atoms with E-state index in [1.54, 1.807) is 54.6 Å². The largest absolute Gasteiger partial charge is 0.496 e. The van der Waals surface area contributed by atoms with Crippen molar-refractivity contribution in [2.45, 2.75) is 13.8 Å². The minimum absolute atomic E-state index is 0.119. The van der Waals surface area contributed by atoms with Crippen molar-refractivity contribution in [3.8, 4) is 22.6 Å². The normalized spacial score (nSPS) is 10.8. The Balaban J connectivity index is 1.48. The predicted octanol–water partition coefficient (Wildman–Crippen LogP) is 5.63. The van der Waals surface area contributed by atoms with Gasteiger partial charge in [-0.2, -0.15) is 0 Å². The zero-order valence-corrected chi connectivity index (χ0v) is 21.0. The van der Waals surface area contributed by atoms with E-state index in [9.17, 15) is 9.59 Å². The number of nitrogens with one attached hydrogen (secondary N) is 2. The summed E-state index contributed by atoms with van der Waals surface area (Å²) in [5, 5.41) is 6.57. The topological polar surface area (TPSA) is 89.8 Å². The number of ether oxygens (including phenoxy) is 2. The molecule has 36 heavy (non-hydrogen) atoms. The maximum Gasteiger partial charge on any atom is 0.344 e. The molecule has 0 saturated carbocycles. The van der Waals surface area contributed by atoms with E-state index in [-0.39, 0.29) is 11.0 Å². The van der Waals surface area contributed by atoms with Gasteiger partial charge < -0.3 is 19.2 Å². The van der Waals surface area contributed by atoms with Crippen LogP contribution >= 0.6 is 12.2 Å². The number of rotatable bonds is 7. The van der Waals surface area contributed by atoms with Crippen molar-refractivity contribution in [1.29, 1.82) is 0 Å². The van der Waals surface area contributed by atoms with Crippen LogP contribution in [0.1, 0.15) is 24.2 Å². The molecule has 1 heterocycles. The highest BCUT2D eigenvalue weighted by Gasteiger charge is 2.15. The monoisotopic (exact) mass is 502 g/mol. The zero-order valence-electron chi connectivity index (χ0n) is 20.2. The highest BCUT2D eigenvalue weighted by atomic mass is 32.1. The van der Waals surface area contributed by atoms with Gasteiger partial charge in [0.05, 0.1) is 19.3 Å². The van der Waals surface area contributed by atoms with Crippen LogP contribution < -0.4 is 25.7 Å². The molecule has 0 radical (unpaired) electrons. The van der Waals surface area contributed by atoms with E-state index in [0.29, 0.717) is 52.0 Å². The van der Waals surface area contributed by atoms with Gasteiger partial charge in [-0.05, 0) is 60.6 Å². The number of hydrogen-bond donors (Lipinski definition) is 2. The first kappa shape index (κ1) is 24.9. The average Bonchev–Trinajstić information content (AvgIpc) is 2.87. The smallest absolute Gasteiger partial charge is 0.344 e. The summed E-state index contributed by atoms with van der Waals surface area (Å²) in [6, 6.07) is 21.2. The number of methoxy groups -OCH3 is 1. The van der Waals surface area contributed by atoms with E-state index < -0.39 is 5.63 Å². The fraction of sp³-hybridized carbons (Fsp3) is 0.179. The molecule has 0 aliphatic carbocycles. The van der Waals surface area contributed by atoms with Crippen LogP contribution in [0.25, 0.3) is 22.1 Å². The Kier molecular flexibility index (Phi) is 7.65. The minimum atomic E-state index is -0.463. The van der Waals surface area contributed by atoms with Crippen molar-refractivity contribution >= 4 is 39.9 Å². The standard InChI is InChI=1S/C28H26N2O5S/c1-17(2)16-34-21-9-6-8-19(13-21)26(31)30-28(36)29-20-11-12-22(25(15-20)33-3)23-14-18-7-4-5-10-24(18)35-27(23)32/h4-15,17H,16H2,1-3H3,(H2,29,30,31,36). The van der Waals surface area contributed by atoms with Crippen molar-refractivity contribution in [2.24, 2.45) is 5.92 Å². The first-order valence-electron chi connectivity index (χ1n) is 11.4. The second kappa shape index (κ2) is 11.0. The van der Waals surface area contributed by atoms with E-state index in [1.807, 2.05) is 18.2 Å². The Morgan fingerprint density at radius 2 is 1.81 bits per heavy atom. The predicted molar refractivity (Wildman–Crippen MR) is 145 cm³/mol. The average molecular weight is 503 g/mol. The fourth-order valence-corrected chi connectivity index (χ4v) is 3.78. The van der Waals surface area contributed by atoms with E-state index in [4.69, 9.17) is 26.1 Å². The van der Waals surface area contributed by atoms with Crippen LogP contribution in [0, 0.1) is 5.92 Å². The Bertz CT molecular complexity index is 1480. The lowest BCUT2D eigenvalue weighted by molar-refractivity contribution is 0.0977. The molecular formula is C28H26N2O5S. The molecule has 0 bridgehead atoms. The molecule has 4 aromatic rings. The van der Waals surface area contributed by atoms with E-state index in [2.05, 4.69) is 24.5 Å². The summed E-state index contributed by atoms with van der Waals surface area (Å²) in [6.45, 7) is 4.67. The van der Waals surface area contributed by atoms with Gasteiger partial charge in [0, 0.05) is 28.3 Å². The van der Waals surface area contributed by atoms with Crippen molar-refractivity contribution in [3.63, 3.8) is 0 Å². The number of carbonyl (C=O) groups excluding carboxylic acids is 1. The van der Waals surface area contributed by atoms with E-state index >= 15 is 0 Å². The summed E-state index contributed by atoms with van der Waals surface area (Å²) in [4.78, 5) is 25.3. The van der Waals surface area contributed by atoms with Gasteiger partial charge in [0.1, 0.15) is 17.1 Å². The van der Waals surface area contributed by atoms with Crippen molar-refractivity contribution in [2.75, 3.05) is 19.0 Å². The highest BCUT2D eigenvalue weighted by Crippen LogP contribution is 2.32. The van der Waals surface area contributed by atoms with Gasteiger partial charge in [0.25, 0.3) is 5.91 Å². The molecule has 1 aromatic heterocycles. The van der Waals surface area contributed by atoms with E-state index in [1.165, 1.54) is 7.11 Å². The van der Waals surface area contributed by atoms with Gasteiger partial charge in [-0.15, -0.1) is 0 Å². The summed E-state index contributed by atoms with van der Waals surface area (Å²) in [6.07, 6.45) is 0. The minimum Gasteiger partial charge on any atom is -0.496 e. The molecule has 1 amide bonds. The third kappa shape index (κ3) is 5.90. The van der Waals surface area contributed by atoms with Crippen LogP contribution in [0.5, 0.6) is 11.5 Å². The SMILES string of the molecule is COc1cc(NC(=S)NC(=O)c2cccc(OCC(C)C)c2)ccc1-c1cc2ccccc2oc1=O. The maximum atomic E-state index is 12.7. The second-order valence-electron chi connectivity index (χ2n) is 8.54. The van der Waals surface area contributed by atoms with Crippen LogP contribution in [0.2, 0.25) is 0 Å². The van der Waals surface area contributed by atoms with Gasteiger partial charge >= 0.3 is 5.63 Å². The first-order valence-corrected chi connectivity index (χ1v) is 11.8. The molecule has 3 aromatic carbocycles. The molecule has 0 atom stereocenters. The molecular weight excluding hydrogens is 476 g/mol. The molecule has 4 rings (SSSR count). The molecule has 0 aliphatic heterocycles. The molecule has 0 aliphatic rings. The highest BCUT2D eigenvalue weighted by molar-refractivity contribution is 7.80. The number of amides is 1. The van der Waals surface area contributed by atoms with Crippen LogP contribution in [-0.2, 0) is 0 Å². The number of hydrogen-bond acceptors (Lipinski definition) is 6. The first-order chi connectivity index (χ1) is 17.3. The Hall–Kier alpha value is -4.17. The second-order valence-corrected chi connectivity index (χ2v) is 8.95. The summed E-state index contributed by atoms with van der Waals surface area (Å²) in [5.41, 5.74) is 2.02. The van der Waals surface area contributed by atoms with Gasteiger partial charge in [0.15, 0.2) is 5.11 Å². The van der Waals surface area contributed by atoms with Gasteiger partial charge in [-0.25, -0.2) is 4.79 Å². The third-order valence-corrected chi connectivity index (χ3v) is 5.50. The summed E-state index contributed by atoms with van der Waals surface area (Å²) in [7, 11) is 1.51. The number of benzene rings is 3. The number of thiocarbonyl (C=S) groups is 1. The van der Waals surface area contributed by atoms with Crippen LogP contribution in [0.15, 0.2) is 82.0 Å². The summed E-state index contributed by atoms with van der Waals surface area (Å²) >= 11 is 5.33. The zero-order chi connectivity index (χ0) is 25.7. The fourth-order valence-electron chi connectivity index (χ4n) is 3.57. The van der Waals surface area contributed by atoms with E-state index in [0.717, 1.165) is 5.39 Å². The lowest BCUT2D eigenvalue weighted by atomic mass is 10.0. The van der Waals surface area contributed by atoms with Gasteiger partial charge in [-0.1, -0.05) is 38.1 Å². The number of fused-ring (bicyclic) bond motifs is 1. The molecule has 7 nitrogen and oxygen atoms in total. The summed E-state index contributed by atoms with van der Waals surface area (Å²) in [5.74, 6) is 1.08.